The zero-order chi connectivity index (χ0) is 26.2. The first-order chi connectivity index (χ1) is 17.7. The summed E-state index contributed by atoms with van der Waals surface area (Å²) in [4.78, 5) is 31.0. The second-order valence-electron chi connectivity index (χ2n) is 9.50. The van der Waals surface area contributed by atoms with Crippen LogP contribution in [0.4, 0.5) is 5.69 Å². The molecule has 0 bridgehead atoms. The van der Waals surface area contributed by atoms with Gasteiger partial charge in [0.15, 0.2) is 0 Å². The van der Waals surface area contributed by atoms with Crippen molar-refractivity contribution >= 4 is 22.9 Å². The van der Waals surface area contributed by atoms with Gasteiger partial charge >= 0.3 is 0 Å². The first kappa shape index (κ1) is 24.7. The van der Waals surface area contributed by atoms with E-state index in [9.17, 15) is 14.9 Å². The predicted molar refractivity (Wildman–Crippen MR) is 138 cm³/mol. The largest absolute Gasteiger partial charge is 0.419 e. The number of carbonyl (C=O) groups excluding carboxylic acids is 1. The Hall–Kier alpha value is -3.96. The summed E-state index contributed by atoms with van der Waals surface area (Å²) in [6.07, 6.45) is 2.09. The molecule has 37 heavy (non-hydrogen) atoms. The number of aromatic nitrogens is 3. The number of thiazole rings is 1. The SMILES string of the molecule is Cc1csc(C2CCCN2C(=O)c2cc(-c3nnc(C(C)(N)Cc4ccccc4)o3)cc([N+](=O)[O-])c2)n1. The zero-order valence-corrected chi connectivity index (χ0v) is 21.3. The fourth-order valence-corrected chi connectivity index (χ4v) is 5.53. The molecule has 1 amide bonds. The predicted octanol–water partition coefficient (Wildman–Crippen LogP) is 4.80. The van der Waals surface area contributed by atoms with E-state index in [-0.39, 0.29) is 40.5 Å². The van der Waals surface area contributed by atoms with Gasteiger partial charge in [-0.1, -0.05) is 30.3 Å². The van der Waals surface area contributed by atoms with E-state index in [0.717, 1.165) is 29.1 Å². The number of non-ortho nitro benzene ring substituents is 1. The minimum Gasteiger partial charge on any atom is -0.419 e. The molecule has 1 aliphatic heterocycles. The molecule has 1 fully saturated rings. The van der Waals surface area contributed by atoms with Gasteiger partial charge in [-0.25, -0.2) is 4.98 Å². The van der Waals surface area contributed by atoms with E-state index >= 15 is 0 Å². The van der Waals surface area contributed by atoms with Crippen LogP contribution in [0.2, 0.25) is 0 Å². The summed E-state index contributed by atoms with van der Waals surface area (Å²) in [7, 11) is 0. The van der Waals surface area contributed by atoms with Crippen LogP contribution in [0.1, 0.15) is 58.3 Å². The van der Waals surface area contributed by atoms with Crippen LogP contribution in [0.25, 0.3) is 11.5 Å². The van der Waals surface area contributed by atoms with Gasteiger partial charge in [-0.3, -0.25) is 14.9 Å². The molecule has 4 aromatic rings. The quantitative estimate of drug-likeness (QED) is 0.271. The summed E-state index contributed by atoms with van der Waals surface area (Å²) < 4.78 is 5.89. The number of likely N-dealkylation sites (tertiary alicyclic amines) is 1. The van der Waals surface area contributed by atoms with E-state index < -0.39 is 10.5 Å². The maximum atomic E-state index is 13.6. The van der Waals surface area contributed by atoms with Gasteiger partial charge in [-0.15, -0.1) is 21.5 Å². The van der Waals surface area contributed by atoms with Gasteiger partial charge in [-0.05, 0) is 44.7 Å². The van der Waals surface area contributed by atoms with E-state index in [1.807, 2.05) is 42.6 Å². The number of hydrogen-bond donors (Lipinski definition) is 1. The van der Waals surface area contributed by atoms with Crippen LogP contribution in [0.3, 0.4) is 0 Å². The number of nitro groups is 1. The number of rotatable bonds is 7. The smallest absolute Gasteiger partial charge is 0.271 e. The Morgan fingerprint density at radius 3 is 2.76 bits per heavy atom. The average Bonchev–Trinajstić information content (AvgIpc) is 3.64. The monoisotopic (exact) mass is 518 g/mol. The summed E-state index contributed by atoms with van der Waals surface area (Å²) in [5.74, 6) is -0.0386. The third-order valence-corrected chi connectivity index (χ3v) is 7.45. The van der Waals surface area contributed by atoms with E-state index in [1.165, 1.54) is 23.5 Å². The van der Waals surface area contributed by atoms with Crippen LogP contribution in [-0.4, -0.2) is 37.5 Å². The normalized spacial score (nSPS) is 17.1. The van der Waals surface area contributed by atoms with Crippen LogP contribution >= 0.6 is 11.3 Å². The molecule has 1 aliphatic rings. The number of hydrogen-bond acceptors (Lipinski definition) is 9. The Kier molecular flexibility index (Phi) is 6.57. The van der Waals surface area contributed by atoms with Gasteiger partial charge in [0, 0.05) is 40.9 Å². The van der Waals surface area contributed by atoms with Crippen LogP contribution < -0.4 is 5.73 Å². The Morgan fingerprint density at radius 1 is 1.27 bits per heavy atom. The fraction of sp³-hybridized carbons (Fsp3) is 0.308. The zero-order valence-electron chi connectivity index (χ0n) is 20.5. The van der Waals surface area contributed by atoms with Crippen molar-refractivity contribution in [2.45, 2.75) is 44.7 Å². The number of nitro benzene ring substituents is 1. The molecule has 10 nitrogen and oxygen atoms in total. The molecule has 1 saturated heterocycles. The van der Waals surface area contributed by atoms with Gasteiger partial charge in [0.2, 0.25) is 11.8 Å². The number of benzene rings is 2. The topological polar surface area (TPSA) is 141 Å². The standard InChI is InChI=1S/C26H26N6O4S/c1-16-15-37-23(28-16)21-9-6-10-31(21)24(33)19-11-18(12-20(13-19)32(34)35)22-29-30-25(36-22)26(2,27)14-17-7-4-3-5-8-17/h3-5,7-8,11-13,15,21H,6,9-10,14,27H2,1-2H3. The first-order valence-electron chi connectivity index (χ1n) is 11.9. The van der Waals surface area contributed by atoms with E-state index in [2.05, 4.69) is 15.2 Å². The number of carbonyl (C=O) groups is 1. The minimum atomic E-state index is -0.958. The van der Waals surface area contributed by atoms with E-state index in [1.54, 1.807) is 17.9 Å². The summed E-state index contributed by atoms with van der Waals surface area (Å²) in [5.41, 5.74) is 7.69. The van der Waals surface area contributed by atoms with Crippen molar-refractivity contribution in [2.75, 3.05) is 6.54 Å². The van der Waals surface area contributed by atoms with Crippen molar-refractivity contribution in [3.8, 4) is 11.5 Å². The number of nitrogens with zero attached hydrogens (tertiary/aromatic N) is 5. The minimum absolute atomic E-state index is 0.0611. The molecule has 190 valence electrons. The van der Waals surface area contributed by atoms with Gasteiger partial charge in [0.1, 0.15) is 5.01 Å². The molecule has 2 atom stereocenters. The number of aryl methyl sites for hydroxylation is 1. The first-order valence-corrected chi connectivity index (χ1v) is 12.8. The summed E-state index contributed by atoms with van der Waals surface area (Å²) in [5, 5.41) is 22.8. The third kappa shape index (κ3) is 5.13. The van der Waals surface area contributed by atoms with Crippen molar-refractivity contribution in [1.82, 2.24) is 20.1 Å². The lowest BCUT2D eigenvalue weighted by Gasteiger charge is -2.23. The molecule has 0 spiro atoms. The van der Waals surface area contributed by atoms with Gasteiger partial charge < -0.3 is 15.1 Å². The molecule has 2 aromatic heterocycles. The van der Waals surface area contributed by atoms with E-state index in [4.69, 9.17) is 10.2 Å². The average molecular weight is 519 g/mol. The van der Waals surface area contributed by atoms with Crippen LogP contribution in [-0.2, 0) is 12.0 Å². The molecule has 2 unspecified atom stereocenters. The molecule has 3 heterocycles. The van der Waals surface area contributed by atoms with Crippen LogP contribution in [0.5, 0.6) is 0 Å². The van der Waals surface area contributed by atoms with Crippen LogP contribution in [0.15, 0.2) is 58.3 Å². The second-order valence-corrected chi connectivity index (χ2v) is 10.4. The van der Waals surface area contributed by atoms with Crippen molar-refractivity contribution in [3.63, 3.8) is 0 Å². The van der Waals surface area contributed by atoms with Gasteiger partial charge in [0.25, 0.3) is 11.6 Å². The molecule has 2 aromatic carbocycles. The Balaban J connectivity index is 1.46. The molecule has 2 N–H and O–H groups in total. The lowest BCUT2D eigenvalue weighted by molar-refractivity contribution is -0.384. The summed E-state index contributed by atoms with van der Waals surface area (Å²) in [6, 6.07) is 13.7. The number of nitrogens with two attached hydrogens (primary N) is 1. The van der Waals surface area contributed by atoms with Crippen molar-refractivity contribution < 1.29 is 14.1 Å². The highest BCUT2D eigenvalue weighted by atomic mass is 32.1. The van der Waals surface area contributed by atoms with E-state index in [0.29, 0.717) is 13.0 Å². The Morgan fingerprint density at radius 2 is 2.05 bits per heavy atom. The second kappa shape index (κ2) is 9.83. The lowest BCUT2D eigenvalue weighted by Crippen LogP contribution is -2.35. The molecule has 11 heteroatoms. The Labute approximate surface area is 217 Å². The summed E-state index contributed by atoms with van der Waals surface area (Å²) >= 11 is 1.52. The highest BCUT2D eigenvalue weighted by Crippen LogP contribution is 2.36. The summed E-state index contributed by atoms with van der Waals surface area (Å²) in [6.45, 7) is 4.25. The highest BCUT2D eigenvalue weighted by Gasteiger charge is 2.34. The van der Waals surface area contributed by atoms with Crippen LogP contribution in [0, 0.1) is 17.0 Å². The third-order valence-electron chi connectivity index (χ3n) is 6.39. The highest BCUT2D eigenvalue weighted by molar-refractivity contribution is 7.09. The molecular formula is C26H26N6O4S. The molecule has 0 radical (unpaired) electrons. The Bertz CT molecular complexity index is 1450. The van der Waals surface area contributed by atoms with Crippen molar-refractivity contribution in [1.29, 1.82) is 0 Å². The fourth-order valence-electron chi connectivity index (χ4n) is 4.59. The van der Waals surface area contributed by atoms with Gasteiger partial charge in [-0.2, -0.15) is 0 Å². The molecular weight excluding hydrogens is 492 g/mol. The number of amides is 1. The van der Waals surface area contributed by atoms with Crippen molar-refractivity contribution in [3.05, 3.63) is 91.7 Å². The molecule has 0 saturated carbocycles. The molecule has 5 rings (SSSR count). The van der Waals surface area contributed by atoms with Gasteiger partial charge in [0.05, 0.1) is 16.5 Å². The maximum absolute atomic E-state index is 13.6. The maximum Gasteiger partial charge on any atom is 0.271 e. The lowest BCUT2D eigenvalue weighted by atomic mass is 9.94. The molecule has 0 aliphatic carbocycles. The van der Waals surface area contributed by atoms with Crippen molar-refractivity contribution in [2.24, 2.45) is 5.73 Å².